The molecule has 1 saturated carbocycles. The number of fused-ring (bicyclic) bond motifs is 3. The second-order valence-corrected chi connectivity index (χ2v) is 22.2. The maximum Gasteiger partial charge on any atom is 0.239 e. The Labute approximate surface area is 448 Å². The Morgan fingerprint density at radius 3 is 2.16 bits per heavy atom. The first-order chi connectivity index (χ1) is 36.6. The molecule has 9 nitrogen and oxygen atoms in total. The first kappa shape index (κ1) is 55.5. The number of hydrogen-bond donors (Lipinski definition) is 2. The topological polar surface area (TPSA) is 110 Å². The fourth-order valence-electron chi connectivity index (χ4n) is 12.1. The molecule has 5 aromatic rings. The second kappa shape index (κ2) is 26.8. The van der Waals surface area contributed by atoms with Crippen molar-refractivity contribution in [2.75, 3.05) is 19.8 Å². The molecule has 1 fully saturated rings. The van der Waals surface area contributed by atoms with Gasteiger partial charge in [0.15, 0.2) is 0 Å². The van der Waals surface area contributed by atoms with Gasteiger partial charge in [0.2, 0.25) is 11.7 Å². The molecule has 0 saturated heterocycles. The number of unbranched alkanes of at least 4 members (excludes halogenated alkanes) is 10. The Bertz CT molecular complexity index is 2670. The van der Waals surface area contributed by atoms with Crippen LogP contribution in [-0.2, 0) is 20.9 Å². The minimum atomic E-state index is -1.38. The number of hydrogen-bond acceptors (Lipinski definition) is 8. The summed E-state index contributed by atoms with van der Waals surface area (Å²) in [6.45, 7) is 13.2. The third kappa shape index (κ3) is 13.8. The lowest BCUT2D eigenvalue weighted by atomic mass is 9.55. The number of aliphatic hydroxyl groups is 2. The zero-order valence-corrected chi connectivity index (χ0v) is 45.4. The minimum Gasteiger partial charge on any atom is -0.459 e. The van der Waals surface area contributed by atoms with E-state index in [0.717, 1.165) is 95.0 Å². The van der Waals surface area contributed by atoms with E-state index in [1.165, 1.54) is 38.5 Å². The molecular formula is C66H84N2O7. The zero-order valence-electron chi connectivity index (χ0n) is 45.4. The molecule has 5 aromatic carbocycles. The number of aliphatic hydroxyl groups excluding tert-OH is 2. The van der Waals surface area contributed by atoms with Crippen LogP contribution >= 0.6 is 0 Å². The maximum atomic E-state index is 15.6. The molecule has 8 rings (SSSR count). The fraction of sp³-hybridized carbons (Fsp3) is 0.485. The highest BCUT2D eigenvalue weighted by molar-refractivity contribution is 6.03. The summed E-state index contributed by atoms with van der Waals surface area (Å²) in [4.78, 5) is 24.1. The molecule has 0 spiro atoms. The number of amides is 1. The molecule has 1 amide bonds. The largest absolute Gasteiger partial charge is 0.459 e. The van der Waals surface area contributed by atoms with Gasteiger partial charge in [0, 0.05) is 44.1 Å². The van der Waals surface area contributed by atoms with Gasteiger partial charge in [0.1, 0.15) is 28.9 Å². The molecule has 0 radical (unpaired) electrons. The number of carbonyl (C=O) groups excluding carboxylic acids is 1. The first-order valence-electron chi connectivity index (χ1n) is 28.4. The van der Waals surface area contributed by atoms with Crippen LogP contribution in [0.25, 0.3) is 21.9 Å². The van der Waals surface area contributed by atoms with Crippen LogP contribution in [0.5, 0.6) is 17.2 Å². The summed E-state index contributed by atoms with van der Waals surface area (Å²) in [5, 5.41) is 27.6. The zero-order chi connectivity index (χ0) is 52.6. The molecule has 0 aromatic heterocycles. The van der Waals surface area contributed by atoms with Gasteiger partial charge in [-0.15, -0.1) is 6.58 Å². The van der Waals surface area contributed by atoms with Crippen molar-refractivity contribution in [3.05, 3.63) is 151 Å². The standard InChI is InChI=1S/C66H84N2O7/c1-6-8-9-10-11-12-13-14-18-34-62(71)68(47-52-31-25-30-50-28-19-20-32-55(50)52)61-46-59(67-75-65(3,4)5)57-44-51(29-21-23-41-69)56(33-22-24-42-70)63-58-45-54(39-40-60(58)74-66(61,64(57)63)72-43-7-2)73-53-37-35-49(36-38-53)48-26-16-15-17-27-48/h7,15-17,19-20,25-28,30-32,35-40,44-45,51,56,61,63-64,69-70H,2,6,8-14,18,21-24,29,33-34,41-43,46-47H2,1,3-5H3/t51-,56+,61-,63+,64+,66+/m0/s1. The smallest absolute Gasteiger partial charge is 0.239 e. The lowest BCUT2D eigenvalue weighted by Gasteiger charge is -2.60. The average Bonchev–Trinajstić information content (AvgIpc) is 3.45. The van der Waals surface area contributed by atoms with Gasteiger partial charge in [-0.3, -0.25) is 4.79 Å². The van der Waals surface area contributed by atoms with Gasteiger partial charge >= 0.3 is 0 Å². The molecule has 2 N–H and O–H groups in total. The van der Waals surface area contributed by atoms with Crippen LogP contribution in [0, 0.1) is 17.8 Å². The Morgan fingerprint density at radius 2 is 1.44 bits per heavy atom. The molecular weight excluding hydrogens is 933 g/mol. The van der Waals surface area contributed by atoms with Gasteiger partial charge in [-0.25, -0.2) is 0 Å². The highest BCUT2D eigenvalue weighted by Gasteiger charge is 2.65. The number of ether oxygens (including phenoxy) is 3. The molecule has 9 heteroatoms. The van der Waals surface area contributed by atoms with Crippen molar-refractivity contribution in [2.24, 2.45) is 22.9 Å². The summed E-state index contributed by atoms with van der Waals surface area (Å²) in [5.74, 6) is 0.350. The Balaban J connectivity index is 1.27. The van der Waals surface area contributed by atoms with E-state index in [1.807, 2.05) is 63.2 Å². The summed E-state index contributed by atoms with van der Waals surface area (Å²) >= 11 is 0. The number of rotatable bonds is 28. The van der Waals surface area contributed by atoms with E-state index in [9.17, 15) is 10.2 Å². The molecule has 0 unspecified atom stereocenters. The highest BCUT2D eigenvalue weighted by Crippen LogP contribution is 2.62. The molecule has 1 aliphatic heterocycles. The van der Waals surface area contributed by atoms with Crippen molar-refractivity contribution < 1.29 is 34.1 Å². The summed E-state index contributed by atoms with van der Waals surface area (Å²) in [5.41, 5.74) is 5.54. The summed E-state index contributed by atoms with van der Waals surface area (Å²) in [7, 11) is 0. The summed E-state index contributed by atoms with van der Waals surface area (Å²) in [6.07, 6.45) is 20.1. The predicted molar refractivity (Wildman–Crippen MR) is 304 cm³/mol. The van der Waals surface area contributed by atoms with E-state index in [-0.39, 0.29) is 43.5 Å². The quantitative estimate of drug-likeness (QED) is 0.0292. The first-order valence-corrected chi connectivity index (χ1v) is 28.4. The predicted octanol–water partition coefficient (Wildman–Crippen LogP) is 15.7. The van der Waals surface area contributed by atoms with Crippen molar-refractivity contribution >= 4 is 22.4 Å². The van der Waals surface area contributed by atoms with Crippen molar-refractivity contribution in [3.63, 3.8) is 0 Å². The number of carbonyl (C=O) groups is 1. The van der Waals surface area contributed by atoms with Gasteiger partial charge in [-0.1, -0.05) is 173 Å². The van der Waals surface area contributed by atoms with Crippen molar-refractivity contribution in [2.45, 2.75) is 167 Å². The number of nitrogens with zero attached hydrogens (tertiary/aromatic N) is 2. The summed E-state index contributed by atoms with van der Waals surface area (Å²) < 4.78 is 21.8. The van der Waals surface area contributed by atoms with E-state index in [0.29, 0.717) is 43.7 Å². The van der Waals surface area contributed by atoms with Crippen LogP contribution in [0.2, 0.25) is 0 Å². The van der Waals surface area contributed by atoms with E-state index >= 15 is 4.79 Å². The lowest BCUT2D eigenvalue weighted by Crippen LogP contribution is -2.70. The Hall–Kier alpha value is -5.74. The molecule has 1 heterocycles. The van der Waals surface area contributed by atoms with Crippen molar-refractivity contribution in [1.82, 2.24) is 4.90 Å². The van der Waals surface area contributed by atoms with Gasteiger partial charge in [0.05, 0.1) is 18.2 Å². The minimum absolute atomic E-state index is 0.0612. The van der Waals surface area contributed by atoms with Crippen LogP contribution in [-0.4, -0.2) is 64.0 Å². The van der Waals surface area contributed by atoms with E-state index < -0.39 is 23.3 Å². The van der Waals surface area contributed by atoms with Crippen molar-refractivity contribution in [3.8, 4) is 28.4 Å². The molecule has 3 aliphatic rings. The lowest BCUT2D eigenvalue weighted by molar-refractivity contribution is -0.258. The SMILES string of the molecule is C=CCO[C@@]12Oc3ccc(Oc4ccc(-c5ccccc5)cc4)cc3[C@H]3[C@H](CCCCO)[C@@H](CCCCO)C=C(C(=NOC(C)(C)C)C[C@@H]1N(Cc1cccc4ccccc14)C(=O)CCCCCCCCCCC)[C@H]32. The third-order valence-corrected chi connectivity index (χ3v) is 15.7. The number of benzene rings is 5. The van der Waals surface area contributed by atoms with Crippen LogP contribution in [0.3, 0.4) is 0 Å². The molecule has 400 valence electrons. The molecule has 0 bridgehead atoms. The van der Waals surface area contributed by atoms with Gasteiger partial charge < -0.3 is 34.2 Å². The molecule has 6 atom stereocenters. The van der Waals surface area contributed by atoms with E-state index in [2.05, 4.69) is 97.3 Å². The van der Waals surface area contributed by atoms with Crippen LogP contribution in [0.1, 0.15) is 154 Å². The average molecular weight is 1020 g/mol. The van der Waals surface area contributed by atoms with Crippen LogP contribution < -0.4 is 9.47 Å². The van der Waals surface area contributed by atoms with Gasteiger partial charge in [-0.05, 0) is 128 Å². The monoisotopic (exact) mass is 1020 g/mol. The fourth-order valence-corrected chi connectivity index (χ4v) is 12.1. The number of allylic oxidation sites excluding steroid dienone is 1. The highest BCUT2D eigenvalue weighted by atomic mass is 16.7. The normalized spacial score (nSPS) is 21.4. The second-order valence-electron chi connectivity index (χ2n) is 22.2. The van der Waals surface area contributed by atoms with Crippen LogP contribution in [0.4, 0.5) is 0 Å². The summed E-state index contributed by atoms with van der Waals surface area (Å²) in [6, 6.07) is 38.9. The van der Waals surface area contributed by atoms with Gasteiger partial charge in [0.25, 0.3) is 0 Å². The van der Waals surface area contributed by atoms with Crippen LogP contribution in [0.15, 0.2) is 145 Å². The van der Waals surface area contributed by atoms with E-state index in [4.69, 9.17) is 24.2 Å². The molecule has 75 heavy (non-hydrogen) atoms. The Kier molecular flexibility index (Phi) is 19.9. The Morgan fingerprint density at radius 1 is 0.773 bits per heavy atom. The maximum absolute atomic E-state index is 15.6. The number of oxime groups is 1. The van der Waals surface area contributed by atoms with Gasteiger partial charge in [-0.2, -0.15) is 0 Å². The third-order valence-electron chi connectivity index (χ3n) is 15.7. The van der Waals surface area contributed by atoms with Crippen molar-refractivity contribution in [1.29, 1.82) is 0 Å². The molecule has 2 aliphatic carbocycles. The van der Waals surface area contributed by atoms with E-state index in [1.54, 1.807) is 6.08 Å².